The second kappa shape index (κ2) is 40.4. The van der Waals surface area contributed by atoms with Gasteiger partial charge in [0.15, 0.2) is 6.54 Å². The van der Waals surface area contributed by atoms with Crippen LogP contribution in [-0.2, 0) is 98.5 Å². The SMILES string of the molecule is CC(C)(C)C1CCN(S(=O)(=O)c2ccccc2-c2c3ccc(=[N+]4CCc5ccccc54)cc-3oc3cc(N4CCc5ccccc54)ccc23)CC1.CN(c1ccccc1)c1ccc2c(-c3ccccc3S(=O)(=O)N3CCC(C(C)(C)C)CC3)c3ccc(=[N+](C)c4ccc(S(=O)(=O)O)cc4)cc-3oc2c1.O=S(=O)(O)c1cc(S(=O)(=O)Cl)ccc1C1=c2cc3c4c(c2Oc2c1cc1c5c2CCCN5CCC1)CCC[N+]=4CCC3.O=S(=O)=O. The molecule has 0 radical (unpaired) electrons. The van der Waals surface area contributed by atoms with E-state index in [0.717, 1.165) is 241 Å². The zero-order valence-corrected chi connectivity index (χ0v) is 90.4. The Morgan fingerprint density at radius 1 is 0.447 bits per heavy atom. The van der Waals surface area contributed by atoms with E-state index < -0.39 is 64.8 Å². The van der Waals surface area contributed by atoms with Crippen molar-refractivity contribution in [2.24, 2.45) is 22.7 Å². The quantitative estimate of drug-likeness (QED) is 0.0442. The number of sulfonamides is 2. The van der Waals surface area contributed by atoms with Crippen LogP contribution in [0.25, 0.3) is 72.4 Å². The van der Waals surface area contributed by atoms with Gasteiger partial charge in [-0.2, -0.15) is 34.6 Å². The van der Waals surface area contributed by atoms with Crippen molar-refractivity contribution in [1.82, 2.24) is 22.3 Å². The van der Waals surface area contributed by atoms with E-state index >= 15 is 0 Å². The molecule has 13 aliphatic rings. The van der Waals surface area contributed by atoms with Crippen LogP contribution < -0.4 is 54.5 Å². The molecule has 24 rings (SSSR count). The number of halogens is 1. The molecule has 0 bridgehead atoms. The van der Waals surface area contributed by atoms with Crippen LogP contribution in [0.5, 0.6) is 11.5 Å². The number of piperidine rings is 2. The summed E-state index contributed by atoms with van der Waals surface area (Å²) in [6, 6.07) is 80.4. The monoisotopic (exact) mass is 2150 g/mol. The highest BCUT2D eigenvalue weighted by atomic mass is 35.7. The fourth-order valence-corrected chi connectivity index (χ4v) is 29.3. The average Bonchev–Trinajstić information content (AvgIpc) is 0.821. The van der Waals surface area contributed by atoms with Crippen molar-refractivity contribution in [3.05, 3.63) is 321 Å². The first-order chi connectivity index (χ1) is 71.6. The maximum absolute atomic E-state index is 14.6. The van der Waals surface area contributed by atoms with Gasteiger partial charge in [-0.15, -0.1) is 12.6 Å². The lowest BCUT2D eigenvalue weighted by atomic mass is 9.76. The van der Waals surface area contributed by atoms with Gasteiger partial charge in [0.25, 0.3) is 29.3 Å². The van der Waals surface area contributed by atoms with E-state index in [1.165, 1.54) is 68.9 Å². The van der Waals surface area contributed by atoms with Gasteiger partial charge >= 0.3 is 10.6 Å². The highest BCUT2D eigenvalue weighted by Crippen LogP contribution is 2.53. The summed E-state index contributed by atoms with van der Waals surface area (Å²) in [5.74, 6) is 3.70. The molecule has 11 heterocycles. The largest absolute Gasteiger partial charge is 0.456 e. The van der Waals surface area contributed by atoms with Crippen molar-refractivity contribution in [2.75, 3.05) is 94.2 Å². The zero-order chi connectivity index (χ0) is 105. The van der Waals surface area contributed by atoms with Gasteiger partial charge in [-0.25, -0.2) is 29.8 Å². The molecule has 2 fully saturated rings. The molecule has 2 aliphatic carbocycles. The second-order valence-corrected chi connectivity index (χ2v) is 52.0. The summed E-state index contributed by atoms with van der Waals surface area (Å²) in [6.07, 6.45) is 12.9. The van der Waals surface area contributed by atoms with Gasteiger partial charge < -0.3 is 28.3 Å². The number of hydrogen-bond acceptors (Lipinski definition) is 19. The van der Waals surface area contributed by atoms with E-state index in [2.05, 4.69) is 162 Å². The molecule has 0 atom stereocenters. The molecule has 33 heteroatoms. The van der Waals surface area contributed by atoms with Crippen molar-refractivity contribution < 1.29 is 77.4 Å². The molecule has 11 aliphatic heterocycles. The Morgan fingerprint density at radius 3 is 1.62 bits per heavy atom. The Bertz CT molecular complexity index is 9000. The number of para-hydroxylation sites is 3. The fourth-order valence-electron chi connectivity index (χ4n) is 23.9. The average molecular weight is 2150 g/mol. The molecule has 11 aromatic rings. The van der Waals surface area contributed by atoms with E-state index in [-0.39, 0.29) is 31.1 Å². The van der Waals surface area contributed by atoms with Gasteiger partial charge in [0.05, 0.1) is 37.3 Å². The Kier molecular flexibility index (Phi) is 27.7. The van der Waals surface area contributed by atoms with E-state index in [4.69, 9.17) is 36.9 Å². The highest BCUT2D eigenvalue weighted by Gasteiger charge is 2.43. The lowest BCUT2D eigenvalue weighted by Crippen LogP contribution is -2.45. The van der Waals surface area contributed by atoms with Crippen molar-refractivity contribution in [3.8, 4) is 56.4 Å². The molecule has 11 aromatic carbocycles. The van der Waals surface area contributed by atoms with Crippen LogP contribution >= 0.6 is 10.7 Å². The Hall–Kier alpha value is -12.8. The lowest BCUT2D eigenvalue weighted by molar-refractivity contribution is 0.154. The number of fused-ring (bicyclic) bond motifs is 10. The topological polar surface area (TPSA) is 323 Å². The smallest absolute Gasteiger partial charge is 0.425 e. The third-order valence-corrected chi connectivity index (χ3v) is 38.6. The number of anilines is 5. The Balaban J connectivity index is 0.000000130. The van der Waals surface area contributed by atoms with Gasteiger partial charge in [0.1, 0.15) is 59.2 Å². The summed E-state index contributed by atoms with van der Waals surface area (Å²) in [6.45, 7) is 21.3. The number of rotatable bonds is 14. The summed E-state index contributed by atoms with van der Waals surface area (Å²) >= 11 is 0. The van der Waals surface area contributed by atoms with Crippen molar-refractivity contribution in [1.29, 1.82) is 0 Å². The first-order valence-corrected chi connectivity index (χ1v) is 60.1. The Morgan fingerprint density at radius 2 is 0.993 bits per heavy atom. The minimum absolute atomic E-state index is 0.114. The predicted octanol–water partition coefficient (Wildman–Crippen LogP) is 19.7. The van der Waals surface area contributed by atoms with Crippen molar-refractivity contribution >= 4 is 138 Å². The third-order valence-electron chi connectivity index (χ3n) is 31.6. The van der Waals surface area contributed by atoms with Gasteiger partial charge in [-0.05, 0) is 208 Å². The van der Waals surface area contributed by atoms with Gasteiger partial charge in [-0.3, -0.25) is 9.11 Å². The number of ether oxygens (including phenoxy) is 1. The van der Waals surface area contributed by atoms with E-state index in [1.807, 2.05) is 116 Å². The molecule has 0 amide bonds. The molecule has 774 valence electrons. The molecule has 150 heavy (non-hydrogen) atoms. The minimum atomic E-state index is -4.83. The van der Waals surface area contributed by atoms with Gasteiger partial charge in [0, 0.05) is 236 Å². The van der Waals surface area contributed by atoms with E-state index in [1.54, 1.807) is 38.9 Å². The number of nitrogens with zero attached hydrogens (tertiary/aromatic N) is 8. The molecule has 0 saturated carbocycles. The maximum atomic E-state index is 14.6. The molecule has 26 nitrogen and oxygen atoms in total. The summed E-state index contributed by atoms with van der Waals surface area (Å²) in [5.41, 5.74) is 22.5. The normalized spacial score (nSPS) is 17.1. The van der Waals surface area contributed by atoms with Crippen LogP contribution in [0, 0.1) is 22.7 Å². The first kappa shape index (κ1) is 103. The van der Waals surface area contributed by atoms with Crippen molar-refractivity contribution in [3.63, 3.8) is 0 Å². The van der Waals surface area contributed by atoms with Crippen LogP contribution in [0.2, 0.25) is 0 Å². The lowest BCUT2D eigenvalue weighted by Gasteiger charge is -2.39. The van der Waals surface area contributed by atoms with Gasteiger partial charge in [-0.1, -0.05) is 139 Å². The van der Waals surface area contributed by atoms with Gasteiger partial charge in [0.2, 0.25) is 47.5 Å². The predicted molar refractivity (Wildman–Crippen MR) is 586 cm³/mol. The molecule has 2 N–H and O–H groups in total. The Labute approximate surface area is 880 Å². The molecular formula is C117H118ClN8O18S6+3. The van der Waals surface area contributed by atoms with Crippen LogP contribution in [0.3, 0.4) is 0 Å². The highest BCUT2D eigenvalue weighted by molar-refractivity contribution is 8.13. The number of aryl methyl sites for hydroxylation is 2. The molecular weight excluding hydrogens is 2030 g/mol. The van der Waals surface area contributed by atoms with Crippen LogP contribution in [-0.4, -0.2) is 152 Å². The minimum Gasteiger partial charge on any atom is -0.456 e. The van der Waals surface area contributed by atoms with Crippen LogP contribution in [0.15, 0.2) is 288 Å². The van der Waals surface area contributed by atoms with E-state index in [0.29, 0.717) is 76.6 Å². The zero-order valence-electron chi connectivity index (χ0n) is 84.7. The summed E-state index contributed by atoms with van der Waals surface area (Å²) in [5, 5.41) is 5.51. The number of benzene rings is 13. The van der Waals surface area contributed by atoms with Crippen LogP contribution in [0.4, 0.5) is 39.8 Å². The van der Waals surface area contributed by atoms with Crippen LogP contribution in [0.1, 0.15) is 137 Å². The number of hydrogen-bond donors (Lipinski definition) is 2. The molecule has 0 aromatic heterocycles. The van der Waals surface area contributed by atoms with Crippen molar-refractivity contribution in [2.45, 2.75) is 156 Å². The molecule has 2 saturated heterocycles. The van der Waals surface area contributed by atoms with E-state index in [9.17, 15) is 51.2 Å². The summed E-state index contributed by atoms with van der Waals surface area (Å²) in [7, 11) is -14.7. The second-order valence-electron chi connectivity index (χ2n) is 42.4. The molecule has 0 spiro atoms. The third kappa shape index (κ3) is 19.8. The maximum Gasteiger partial charge on any atom is 0.425 e. The summed E-state index contributed by atoms with van der Waals surface area (Å²) in [4.78, 5) is 6.41. The fraction of sp³-hybridized carbons (Fsp3) is 0.308. The first-order valence-electron chi connectivity index (χ1n) is 51.1. The standard InChI is InChI=1S/C44H44N3O3S.C42H43N3O6S2.C31H29ClN2O6S2.O3S/c1-44(2,3)32-22-24-45(25-23-32)51(48,49)42-15-9-6-12-37(42)43-35-18-16-33(46-26-20-30-10-4-7-13-38(30)46)28-40(35)50-41-29-34(17-19-36(41)43)47-27-21-31-11-5-8-14-39(31)47;1-42(2,3)29-23-25-45(26-24-29)52(46,47)40-14-10-9-13-37(40)41-35-21-17-32(43(4)30-11-7-6-8-12-30)27-38(35)51-39-28-33(18-22-36(39)41)44(5)31-15-19-34(20-16-31)53(48,49)50;32-41(35,36)20-9-10-21(26(17-20)42(37,38)39)27-24-15-18-5-1-11-33-13-3-7-22(28(18)33)30(24)40-31-23-8-4-14-34-12-2-6-19(29(23)34)16-25(27)31;1-4(2)3/h4-19,28-29,32H,20-27H2,1-3H3;6-22,27-29H,23-26H2,1-5H3;9-10,15-17H,1-8,11-14H2;/q+1;;;/p+2. The summed E-state index contributed by atoms with van der Waals surface area (Å²) < 4.78 is 207. The molecule has 0 unspecified atom stereocenters.